The molecule has 130 valence electrons. The van der Waals surface area contributed by atoms with Crippen LogP contribution in [0.25, 0.3) is 0 Å². The minimum Gasteiger partial charge on any atom is -0.368 e. The molecule has 0 radical (unpaired) electrons. The van der Waals surface area contributed by atoms with Crippen molar-refractivity contribution >= 4 is 48.0 Å². The van der Waals surface area contributed by atoms with E-state index in [1.807, 2.05) is 29.2 Å². The van der Waals surface area contributed by atoms with Crippen molar-refractivity contribution in [3.63, 3.8) is 0 Å². The fourth-order valence-electron chi connectivity index (χ4n) is 3.12. The summed E-state index contributed by atoms with van der Waals surface area (Å²) in [5, 5.41) is 4.11. The first-order chi connectivity index (χ1) is 10.2. The molecule has 2 saturated heterocycles. The fourth-order valence-corrected chi connectivity index (χ4v) is 3.25. The molecule has 1 aromatic rings. The van der Waals surface area contributed by atoms with Crippen molar-refractivity contribution < 1.29 is 4.79 Å². The van der Waals surface area contributed by atoms with Crippen LogP contribution < -0.4 is 10.2 Å². The molecule has 4 nitrogen and oxygen atoms in total. The number of anilines is 1. The molecular formula is C16H24Cl3N3O. The molecule has 2 aliphatic rings. The lowest BCUT2D eigenvalue weighted by molar-refractivity contribution is -0.134. The second kappa shape index (κ2) is 9.58. The molecule has 2 aliphatic heterocycles. The van der Waals surface area contributed by atoms with Gasteiger partial charge in [0.05, 0.1) is 6.04 Å². The summed E-state index contributed by atoms with van der Waals surface area (Å²) < 4.78 is 0. The maximum atomic E-state index is 12.5. The lowest BCUT2D eigenvalue weighted by atomic mass is 10.0. The number of piperazine rings is 1. The van der Waals surface area contributed by atoms with Crippen LogP contribution in [0.4, 0.5) is 5.69 Å². The minimum atomic E-state index is 0. The molecule has 1 aromatic carbocycles. The fraction of sp³-hybridized carbons (Fsp3) is 0.562. The Kier molecular flexibility index (Phi) is 8.48. The largest absolute Gasteiger partial charge is 0.368 e. The second-order valence-electron chi connectivity index (χ2n) is 5.79. The summed E-state index contributed by atoms with van der Waals surface area (Å²) >= 11 is 5.92. The summed E-state index contributed by atoms with van der Waals surface area (Å²) in [5.74, 6) is 0.283. The Hall–Kier alpha value is -0.680. The van der Waals surface area contributed by atoms with E-state index in [0.29, 0.717) is 0 Å². The number of hydrogen-bond acceptors (Lipinski definition) is 3. The highest BCUT2D eigenvalue weighted by Gasteiger charge is 2.28. The lowest BCUT2D eigenvalue weighted by Crippen LogP contribution is -2.55. The predicted molar refractivity (Wildman–Crippen MR) is 100 cm³/mol. The number of carbonyl (C=O) groups excluding carboxylic acids is 1. The van der Waals surface area contributed by atoms with Gasteiger partial charge in [0.25, 0.3) is 0 Å². The normalized spacial score (nSPS) is 21.2. The molecule has 1 N–H and O–H groups in total. The van der Waals surface area contributed by atoms with Gasteiger partial charge in [-0.05, 0) is 43.7 Å². The highest BCUT2D eigenvalue weighted by atomic mass is 35.5. The number of hydrogen-bond donors (Lipinski definition) is 1. The highest BCUT2D eigenvalue weighted by Crippen LogP contribution is 2.20. The molecule has 0 aliphatic carbocycles. The van der Waals surface area contributed by atoms with Crippen LogP contribution in [-0.4, -0.2) is 49.6 Å². The zero-order valence-electron chi connectivity index (χ0n) is 13.0. The van der Waals surface area contributed by atoms with Crippen molar-refractivity contribution in [2.24, 2.45) is 0 Å². The average Bonchev–Trinajstić information content (AvgIpc) is 2.56. The average molecular weight is 381 g/mol. The third-order valence-electron chi connectivity index (χ3n) is 4.39. The monoisotopic (exact) mass is 379 g/mol. The van der Waals surface area contributed by atoms with E-state index < -0.39 is 0 Å². The molecule has 1 amide bonds. The highest BCUT2D eigenvalue weighted by molar-refractivity contribution is 6.30. The first-order valence-corrected chi connectivity index (χ1v) is 8.14. The van der Waals surface area contributed by atoms with Crippen LogP contribution in [0, 0.1) is 0 Å². The van der Waals surface area contributed by atoms with Gasteiger partial charge in [0.1, 0.15) is 0 Å². The Morgan fingerprint density at radius 1 is 1.04 bits per heavy atom. The van der Waals surface area contributed by atoms with E-state index in [1.54, 1.807) is 0 Å². The molecule has 2 heterocycles. The number of amides is 1. The van der Waals surface area contributed by atoms with Crippen molar-refractivity contribution in [3.05, 3.63) is 29.3 Å². The van der Waals surface area contributed by atoms with Crippen LogP contribution >= 0.6 is 36.4 Å². The Bertz CT molecular complexity index is 484. The number of carbonyl (C=O) groups is 1. The Balaban J connectivity index is 0.00000132. The van der Waals surface area contributed by atoms with E-state index in [0.717, 1.165) is 50.6 Å². The Morgan fingerprint density at radius 3 is 2.26 bits per heavy atom. The van der Waals surface area contributed by atoms with E-state index in [2.05, 4.69) is 10.2 Å². The number of halogens is 3. The maximum absolute atomic E-state index is 12.5. The van der Waals surface area contributed by atoms with Crippen molar-refractivity contribution in [2.75, 3.05) is 37.6 Å². The second-order valence-corrected chi connectivity index (χ2v) is 6.23. The molecule has 0 unspecified atom stereocenters. The van der Waals surface area contributed by atoms with Gasteiger partial charge in [0, 0.05) is 36.9 Å². The smallest absolute Gasteiger partial charge is 0.239 e. The van der Waals surface area contributed by atoms with Crippen LogP contribution in [0.1, 0.15) is 19.3 Å². The van der Waals surface area contributed by atoms with Gasteiger partial charge in [-0.15, -0.1) is 24.8 Å². The number of benzene rings is 1. The summed E-state index contributed by atoms with van der Waals surface area (Å²) in [6.45, 7) is 4.36. The van der Waals surface area contributed by atoms with Gasteiger partial charge in [-0.1, -0.05) is 18.0 Å². The summed E-state index contributed by atoms with van der Waals surface area (Å²) in [6, 6.07) is 7.96. The summed E-state index contributed by atoms with van der Waals surface area (Å²) in [6.07, 6.45) is 3.33. The summed E-state index contributed by atoms with van der Waals surface area (Å²) in [7, 11) is 0. The van der Waals surface area contributed by atoms with Crippen molar-refractivity contribution in [2.45, 2.75) is 25.3 Å². The molecule has 0 saturated carbocycles. The van der Waals surface area contributed by atoms with Crippen LogP contribution in [0.5, 0.6) is 0 Å². The third kappa shape index (κ3) is 5.15. The molecule has 0 bridgehead atoms. The molecule has 0 aromatic heterocycles. The van der Waals surface area contributed by atoms with Crippen LogP contribution in [-0.2, 0) is 4.79 Å². The first-order valence-electron chi connectivity index (χ1n) is 7.77. The van der Waals surface area contributed by atoms with Crippen molar-refractivity contribution in [1.29, 1.82) is 0 Å². The van der Waals surface area contributed by atoms with Crippen LogP contribution in [0.15, 0.2) is 24.3 Å². The molecule has 3 rings (SSSR count). The van der Waals surface area contributed by atoms with Crippen LogP contribution in [0.2, 0.25) is 5.02 Å². The molecule has 23 heavy (non-hydrogen) atoms. The van der Waals surface area contributed by atoms with Crippen molar-refractivity contribution in [3.8, 4) is 0 Å². The summed E-state index contributed by atoms with van der Waals surface area (Å²) in [5.41, 5.74) is 1.18. The first kappa shape index (κ1) is 20.4. The van der Waals surface area contributed by atoms with Crippen molar-refractivity contribution in [1.82, 2.24) is 10.2 Å². The van der Waals surface area contributed by atoms with Gasteiger partial charge in [-0.2, -0.15) is 0 Å². The SMILES string of the molecule is Cl.Cl.O=C([C@H]1CCCCN1)N1CCN(c2ccc(Cl)cc2)CC1. The van der Waals surface area contributed by atoms with Crippen LogP contribution in [0.3, 0.4) is 0 Å². The van der Waals surface area contributed by atoms with Gasteiger partial charge in [-0.3, -0.25) is 4.79 Å². The predicted octanol–water partition coefficient (Wildman–Crippen LogP) is 2.97. The summed E-state index contributed by atoms with van der Waals surface area (Å²) in [4.78, 5) is 16.8. The number of nitrogens with zero attached hydrogens (tertiary/aromatic N) is 2. The van der Waals surface area contributed by atoms with E-state index >= 15 is 0 Å². The zero-order valence-corrected chi connectivity index (χ0v) is 15.4. The molecule has 1 atom stereocenters. The Labute approximate surface area is 155 Å². The third-order valence-corrected chi connectivity index (χ3v) is 4.64. The number of rotatable bonds is 2. The molecule has 7 heteroatoms. The quantitative estimate of drug-likeness (QED) is 0.857. The van der Waals surface area contributed by atoms with Gasteiger partial charge in [0.15, 0.2) is 0 Å². The van der Waals surface area contributed by atoms with Gasteiger partial charge in [0.2, 0.25) is 5.91 Å². The van der Waals surface area contributed by atoms with E-state index in [9.17, 15) is 4.79 Å². The lowest BCUT2D eigenvalue weighted by Gasteiger charge is -2.38. The topological polar surface area (TPSA) is 35.6 Å². The van der Waals surface area contributed by atoms with Gasteiger partial charge >= 0.3 is 0 Å². The Morgan fingerprint density at radius 2 is 1.70 bits per heavy atom. The van der Waals surface area contributed by atoms with Gasteiger partial charge in [-0.25, -0.2) is 0 Å². The molecule has 2 fully saturated rings. The zero-order chi connectivity index (χ0) is 14.7. The number of piperidine rings is 1. The standard InChI is InChI=1S/C16H22ClN3O.2ClH/c17-13-4-6-14(7-5-13)19-9-11-20(12-10-19)16(21)15-3-1-2-8-18-15;;/h4-7,15,18H,1-3,8-12H2;2*1H/t15-;;/m1../s1. The van der Waals surface area contributed by atoms with E-state index in [1.165, 1.54) is 12.1 Å². The van der Waals surface area contributed by atoms with E-state index in [-0.39, 0.29) is 36.8 Å². The molecule has 0 spiro atoms. The number of nitrogens with one attached hydrogen (secondary N) is 1. The maximum Gasteiger partial charge on any atom is 0.239 e. The van der Waals surface area contributed by atoms with E-state index in [4.69, 9.17) is 11.6 Å². The molecular weight excluding hydrogens is 357 g/mol. The van der Waals surface area contributed by atoms with Gasteiger partial charge < -0.3 is 15.1 Å². The minimum absolute atomic E-state index is 0.